The molecule has 152 valence electrons. The fourth-order valence-electron chi connectivity index (χ4n) is 4.62. The summed E-state index contributed by atoms with van der Waals surface area (Å²) in [5.74, 6) is -0.672. The number of rotatable bonds is 8. The quantitative estimate of drug-likeness (QED) is 0.469. The van der Waals surface area contributed by atoms with Gasteiger partial charge in [0, 0.05) is 7.11 Å². The first-order chi connectivity index (χ1) is 13.0. The lowest BCUT2D eigenvalue weighted by molar-refractivity contribution is -0.162. The number of carbonyl (C=O) groups is 2. The minimum absolute atomic E-state index is 0.0167. The molecule has 0 spiro atoms. The van der Waals surface area contributed by atoms with E-state index >= 15 is 0 Å². The van der Waals surface area contributed by atoms with Gasteiger partial charge in [0.05, 0.1) is 36.3 Å². The van der Waals surface area contributed by atoms with Crippen LogP contribution in [0, 0.1) is 11.3 Å². The van der Waals surface area contributed by atoms with Gasteiger partial charge in [-0.2, -0.15) is 0 Å². The van der Waals surface area contributed by atoms with Gasteiger partial charge in [0.1, 0.15) is 13.2 Å². The molecular weight excluding hydrogens is 352 g/mol. The number of esters is 2. The van der Waals surface area contributed by atoms with Gasteiger partial charge in [-0.25, -0.2) is 4.79 Å². The predicted molar refractivity (Wildman–Crippen MR) is 94.0 cm³/mol. The minimum Gasteiger partial charge on any atom is -0.465 e. The van der Waals surface area contributed by atoms with Gasteiger partial charge in [0.25, 0.3) is 0 Å². The molecule has 2 saturated heterocycles. The first-order valence-corrected chi connectivity index (χ1v) is 10.1. The summed E-state index contributed by atoms with van der Waals surface area (Å²) in [5.41, 5.74) is -1.31. The van der Waals surface area contributed by atoms with Gasteiger partial charge in [0.15, 0.2) is 5.60 Å². The Morgan fingerprint density at radius 1 is 1.07 bits per heavy atom. The van der Waals surface area contributed by atoms with Crippen molar-refractivity contribution in [1.29, 1.82) is 0 Å². The maximum atomic E-state index is 12.5. The molecule has 4 aliphatic rings. The Hall–Kier alpha value is -1.18. The summed E-state index contributed by atoms with van der Waals surface area (Å²) in [6, 6.07) is 0. The SMILES string of the molecule is COCC(C)(COC(=O)C1CCCC2OC21)COC(=O)C12CCCCC1O2. The standard InChI is InChI=1S/C20H30O7/c1-19(10-23-2,11-24-17(21)13-6-5-7-14-16(13)26-14)12-25-18(22)20-9-4-3-8-15(20)27-20/h13-16H,3-12H2,1-2H3. The van der Waals surface area contributed by atoms with Crippen molar-refractivity contribution in [3.63, 3.8) is 0 Å². The van der Waals surface area contributed by atoms with Crippen LogP contribution in [0.5, 0.6) is 0 Å². The van der Waals surface area contributed by atoms with Crippen molar-refractivity contribution in [1.82, 2.24) is 0 Å². The van der Waals surface area contributed by atoms with Gasteiger partial charge < -0.3 is 23.7 Å². The van der Waals surface area contributed by atoms with E-state index < -0.39 is 11.0 Å². The van der Waals surface area contributed by atoms with Crippen LogP contribution in [-0.2, 0) is 33.3 Å². The van der Waals surface area contributed by atoms with Gasteiger partial charge >= 0.3 is 11.9 Å². The van der Waals surface area contributed by atoms with Crippen molar-refractivity contribution in [2.24, 2.45) is 11.3 Å². The van der Waals surface area contributed by atoms with Crippen LogP contribution in [0.4, 0.5) is 0 Å². The van der Waals surface area contributed by atoms with Crippen molar-refractivity contribution in [2.45, 2.75) is 75.8 Å². The Balaban J connectivity index is 1.28. The molecule has 0 aromatic rings. The lowest BCUT2D eigenvalue weighted by atomic mass is 9.88. The molecule has 0 aromatic carbocycles. The highest BCUT2D eigenvalue weighted by Crippen LogP contribution is 2.48. The third kappa shape index (κ3) is 3.87. The van der Waals surface area contributed by atoms with Gasteiger partial charge in [-0.15, -0.1) is 0 Å². The molecule has 0 bridgehead atoms. The van der Waals surface area contributed by atoms with E-state index in [1.54, 1.807) is 7.11 Å². The largest absolute Gasteiger partial charge is 0.465 e. The summed E-state index contributed by atoms with van der Waals surface area (Å²) in [6.07, 6.45) is 6.89. The van der Waals surface area contributed by atoms with Crippen LogP contribution in [0.25, 0.3) is 0 Å². The second-order valence-corrected chi connectivity index (χ2v) is 8.85. The lowest BCUT2D eigenvalue weighted by Gasteiger charge is -2.29. The van der Waals surface area contributed by atoms with Gasteiger partial charge in [-0.3, -0.25) is 4.79 Å². The van der Waals surface area contributed by atoms with Crippen molar-refractivity contribution in [3.8, 4) is 0 Å². The topological polar surface area (TPSA) is 86.9 Å². The molecule has 0 N–H and O–H groups in total. The molecule has 6 unspecified atom stereocenters. The molecule has 27 heavy (non-hydrogen) atoms. The highest BCUT2D eigenvalue weighted by atomic mass is 16.7. The maximum Gasteiger partial charge on any atom is 0.341 e. The van der Waals surface area contributed by atoms with Crippen LogP contribution in [0.15, 0.2) is 0 Å². The smallest absolute Gasteiger partial charge is 0.341 e. The summed E-state index contributed by atoms with van der Waals surface area (Å²) in [4.78, 5) is 25.0. The number of methoxy groups -OCH3 is 1. The molecular formula is C20H30O7. The van der Waals surface area contributed by atoms with Crippen molar-refractivity contribution in [2.75, 3.05) is 26.9 Å². The van der Waals surface area contributed by atoms with E-state index in [-0.39, 0.29) is 49.4 Å². The highest BCUT2D eigenvalue weighted by molar-refractivity contribution is 5.83. The second kappa shape index (κ2) is 7.33. The van der Waals surface area contributed by atoms with E-state index in [2.05, 4.69) is 0 Å². The van der Waals surface area contributed by atoms with Crippen LogP contribution in [0.3, 0.4) is 0 Å². The number of fused-ring (bicyclic) bond motifs is 2. The number of epoxide rings is 2. The average Bonchev–Trinajstić information content (AvgIpc) is 3.57. The molecule has 4 fully saturated rings. The Morgan fingerprint density at radius 3 is 2.67 bits per heavy atom. The van der Waals surface area contributed by atoms with Crippen LogP contribution < -0.4 is 0 Å². The number of hydrogen-bond acceptors (Lipinski definition) is 7. The van der Waals surface area contributed by atoms with E-state index in [0.29, 0.717) is 6.61 Å². The van der Waals surface area contributed by atoms with E-state index in [1.807, 2.05) is 6.92 Å². The first-order valence-electron chi connectivity index (χ1n) is 10.1. The first kappa shape index (κ1) is 19.2. The predicted octanol–water partition coefficient (Wildman–Crippen LogP) is 2.00. The number of hydrogen-bond donors (Lipinski definition) is 0. The van der Waals surface area contributed by atoms with Gasteiger partial charge in [-0.05, 0) is 38.5 Å². The summed E-state index contributed by atoms with van der Waals surface area (Å²) >= 11 is 0. The zero-order valence-electron chi connectivity index (χ0n) is 16.2. The lowest BCUT2D eigenvalue weighted by Crippen LogP contribution is -2.40. The molecule has 2 heterocycles. The summed E-state index contributed by atoms with van der Waals surface area (Å²) in [6.45, 7) is 2.52. The van der Waals surface area contributed by atoms with E-state index in [9.17, 15) is 9.59 Å². The summed E-state index contributed by atoms with van der Waals surface area (Å²) in [7, 11) is 1.59. The number of ether oxygens (including phenoxy) is 5. The van der Waals surface area contributed by atoms with Gasteiger partial charge in [-0.1, -0.05) is 13.3 Å². The molecule has 0 radical (unpaired) electrons. The van der Waals surface area contributed by atoms with Crippen molar-refractivity contribution in [3.05, 3.63) is 0 Å². The highest BCUT2D eigenvalue weighted by Gasteiger charge is 2.64. The Labute approximate surface area is 160 Å². The van der Waals surface area contributed by atoms with E-state index in [0.717, 1.165) is 44.9 Å². The summed E-state index contributed by atoms with van der Waals surface area (Å²) < 4.78 is 27.7. The Morgan fingerprint density at radius 2 is 1.89 bits per heavy atom. The Bertz CT molecular complexity index is 593. The fourth-order valence-corrected chi connectivity index (χ4v) is 4.62. The third-order valence-electron chi connectivity index (χ3n) is 6.36. The molecule has 7 heteroatoms. The maximum absolute atomic E-state index is 12.5. The summed E-state index contributed by atoms with van der Waals surface area (Å²) in [5, 5.41) is 0. The molecule has 2 saturated carbocycles. The van der Waals surface area contributed by atoms with E-state index in [4.69, 9.17) is 23.7 Å². The van der Waals surface area contributed by atoms with Crippen LogP contribution >= 0.6 is 0 Å². The molecule has 2 aliphatic carbocycles. The molecule has 0 amide bonds. The van der Waals surface area contributed by atoms with Crippen LogP contribution in [0.1, 0.15) is 51.9 Å². The fraction of sp³-hybridized carbons (Fsp3) is 0.900. The van der Waals surface area contributed by atoms with Gasteiger partial charge in [0.2, 0.25) is 0 Å². The van der Waals surface area contributed by atoms with Crippen molar-refractivity contribution < 1.29 is 33.3 Å². The Kier molecular flexibility index (Phi) is 5.20. The zero-order chi connectivity index (χ0) is 19.1. The molecule has 7 nitrogen and oxygen atoms in total. The average molecular weight is 382 g/mol. The second-order valence-electron chi connectivity index (χ2n) is 8.85. The molecule has 6 atom stereocenters. The van der Waals surface area contributed by atoms with Crippen molar-refractivity contribution >= 4 is 11.9 Å². The normalized spacial score (nSPS) is 38.7. The van der Waals surface area contributed by atoms with Crippen LogP contribution in [-0.4, -0.2) is 62.8 Å². The molecule has 2 aliphatic heterocycles. The zero-order valence-corrected chi connectivity index (χ0v) is 16.2. The third-order valence-corrected chi connectivity index (χ3v) is 6.36. The molecule has 4 rings (SSSR count). The molecule has 0 aromatic heterocycles. The van der Waals surface area contributed by atoms with E-state index in [1.165, 1.54) is 0 Å². The monoisotopic (exact) mass is 382 g/mol. The minimum atomic E-state index is -0.719. The number of carbonyl (C=O) groups excluding carboxylic acids is 2. The van der Waals surface area contributed by atoms with Crippen LogP contribution in [0.2, 0.25) is 0 Å².